The Kier molecular flexibility index (Phi) is 8.60. The fourth-order valence-electron chi connectivity index (χ4n) is 6.35. The van der Waals surface area contributed by atoms with Crippen LogP contribution in [0.25, 0.3) is 5.57 Å². The maximum absolute atomic E-state index is 11.9. The van der Waals surface area contributed by atoms with E-state index in [-0.39, 0.29) is 12.4 Å². The van der Waals surface area contributed by atoms with E-state index in [2.05, 4.69) is 39.0 Å². The minimum atomic E-state index is 0. The summed E-state index contributed by atoms with van der Waals surface area (Å²) in [5.41, 5.74) is 6.34. The van der Waals surface area contributed by atoms with Crippen molar-refractivity contribution in [1.29, 1.82) is 0 Å². The van der Waals surface area contributed by atoms with E-state index in [0.717, 1.165) is 52.5 Å². The van der Waals surface area contributed by atoms with E-state index in [4.69, 9.17) is 4.74 Å². The van der Waals surface area contributed by atoms with Crippen molar-refractivity contribution >= 4 is 35.1 Å². The number of carbonyl (C=O) groups excluding carboxylic acids is 1. The van der Waals surface area contributed by atoms with Gasteiger partial charge in [0.15, 0.2) is 0 Å². The average Bonchev–Trinajstić information content (AvgIpc) is 3.33. The lowest BCUT2D eigenvalue weighted by atomic mass is 9.72. The Bertz CT molecular complexity index is 866. The van der Waals surface area contributed by atoms with Gasteiger partial charge in [-0.3, -0.25) is 9.69 Å². The summed E-state index contributed by atoms with van der Waals surface area (Å²) in [5.74, 6) is 0.354. The minimum Gasteiger partial charge on any atom is -0.378 e. The summed E-state index contributed by atoms with van der Waals surface area (Å²) in [6.07, 6.45) is 12.8. The fourth-order valence-corrected chi connectivity index (χ4v) is 6.35. The molecule has 4 aliphatic rings. The quantitative estimate of drug-likeness (QED) is 0.553. The molecule has 2 aliphatic heterocycles. The van der Waals surface area contributed by atoms with Crippen LogP contribution in [0.5, 0.6) is 0 Å². The number of nitrogens with zero attached hydrogens (tertiary/aromatic N) is 3. The zero-order chi connectivity index (χ0) is 22.7. The summed E-state index contributed by atoms with van der Waals surface area (Å²) in [6, 6.07) is 7.15. The number of halogens is 1. The maximum Gasteiger partial charge on any atom is 0.146 e. The molecular formula is C28H42ClN3O2. The third-order valence-corrected chi connectivity index (χ3v) is 8.58. The lowest BCUT2D eigenvalue weighted by molar-refractivity contribution is -0.119. The molecule has 1 spiro atoms. The van der Waals surface area contributed by atoms with Gasteiger partial charge >= 0.3 is 0 Å². The molecule has 188 valence electrons. The molecule has 5 rings (SSSR count). The molecule has 0 unspecified atom stereocenters. The highest BCUT2D eigenvalue weighted by Crippen LogP contribution is 2.50. The van der Waals surface area contributed by atoms with Gasteiger partial charge in [-0.15, -0.1) is 12.4 Å². The van der Waals surface area contributed by atoms with Crippen LogP contribution in [0.4, 0.5) is 11.4 Å². The molecule has 5 nitrogen and oxygen atoms in total. The number of anilines is 2. The first-order valence-corrected chi connectivity index (χ1v) is 13.3. The second-order valence-electron chi connectivity index (χ2n) is 10.6. The van der Waals surface area contributed by atoms with E-state index < -0.39 is 0 Å². The van der Waals surface area contributed by atoms with Gasteiger partial charge in [0.05, 0.1) is 19.8 Å². The number of carbonyl (C=O) groups is 1. The number of ether oxygens (including phenoxy) is 1. The van der Waals surface area contributed by atoms with Crippen LogP contribution in [0.3, 0.4) is 0 Å². The molecule has 2 saturated heterocycles. The number of Topliss-reactive ketones (excluding diaryl/α,β-unsaturated/α-hetero) is 1. The molecule has 0 N–H and O–H groups in total. The molecule has 0 radical (unpaired) electrons. The van der Waals surface area contributed by atoms with Crippen molar-refractivity contribution in [3.63, 3.8) is 0 Å². The van der Waals surface area contributed by atoms with Crippen molar-refractivity contribution in [1.82, 2.24) is 4.90 Å². The fraction of sp³-hybridized carbons (Fsp3) is 0.679. The Morgan fingerprint density at radius 1 is 0.971 bits per heavy atom. The second kappa shape index (κ2) is 11.5. The predicted molar refractivity (Wildman–Crippen MR) is 143 cm³/mol. The van der Waals surface area contributed by atoms with Gasteiger partial charge in [-0.2, -0.15) is 0 Å². The van der Waals surface area contributed by atoms with E-state index in [9.17, 15) is 4.79 Å². The van der Waals surface area contributed by atoms with Crippen molar-refractivity contribution in [3.05, 3.63) is 29.8 Å². The number of benzene rings is 1. The van der Waals surface area contributed by atoms with Crippen molar-refractivity contribution in [2.24, 2.45) is 5.41 Å². The molecule has 2 aliphatic carbocycles. The van der Waals surface area contributed by atoms with Crippen LogP contribution in [0.2, 0.25) is 0 Å². The minimum absolute atomic E-state index is 0. The first-order chi connectivity index (χ1) is 16.2. The molecule has 0 atom stereocenters. The van der Waals surface area contributed by atoms with Gasteiger partial charge in [0.1, 0.15) is 5.78 Å². The van der Waals surface area contributed by atoms with Gasteiger partial charge in [0, 0.05) is 62.6 Å². The average molecular weight is 488 g/mol. The molecule has 1 aromatic rings. The van der Waals surface area contributed by atoms with E-state index in [1.807, 2.05) is 6.92 Å². The molecule has 0 bridgehead atoms. The van der Waals surface area contributed by atoms with Crippen LogP contribution in [-0.2, 0) is 9.53 Å². The molecule has 1 aromatic carbocycles. The Morgan fingerprint density at radius 3 is 2.35 bits per heavy atom. The third-order valence-electron chi connectivity index (χ3n) is 8.58. The summed E-state index contributed by atoms with van der Waals surface area (Å²) < 4.78 is 5.60. The summed E-state index contributed by atoms with van der Waals surface area (Å²) in [6.45, 7) is 10.1. The number of hydrogen-bond acceptors (Lipinski definition) is 5. The van der Waals surface area contributed by atoms with Crippen LogP contribution >= 0.6 is 12.4 Å². The van der Waals surface area contributed by atoms with Crippen LogP contribution in [0, 0.1) is 5.41 Å². The number of hydrogen-bond donors (Lipinski definition) is 0. The van der Waals surface area contributed by atoms with Crippen molar-refractivity contribution in [2.45, 2.75) is 58.3 Å². The van der Waals surface area contributed by atoms with E-state index in [1.165, 1.54) is 61.9 Å². The molecule has 0 aromatic heterocycles. The first-order valence-electron chi connectivity index (χ1n) is 13.3. The molecule has 0 amide bonds. The molecule has 34 heavy (non-hydrogen) atoms. The molecule has 2 heterocycles. The van der Waals surface area contributed by atoms with Crippen LogP contribution in [0.15, 0.2) is 24.3 Å². The SMILES string of the molecule is CCC(=O)CN1CCN(c2ccc(N3CCOCC3)cc2C2=CCC3(CCCC3)CC2)CC1.Cl. The van der Waals surface area contributed by atoms with E-state index >= 15 is 0 Å². The number of piperazine rings is 1. The molecular weight excluding hydrogens is 446 g/mol. The highest BCUT2D eigenvalue weighted by molar-refractivity contribution is 5.85. The van der Waals surface area contributed by atoms with Crippen molar-refractivity contribution in [3.8, 4) is 0 Å². The number of ketones is 1. The Hall–Kier alpha value is -1.56. The largest absolute Gasteiger partial charge is 0.378 e. The summed E-state index contributed by atoms with van der Waals surface area (Å²) in [4.78, 5) is 19.3. The van der Waals surface area contributed by atoms with E-state index in [0.29, 0.717) is 24.2 Å². The van der Waals surface area contributed by atoms with Gasteiger partial charge < -0.3 is 14.5 Å². The van der Waals surface area contributed by atoms with Gasteiger partial charge in [0.2, 0.25) is 0 Å². The second-order valence-corrected chi connectivity index (χ2v) is 10.6. The number of morpholine rings is 1. The highest BCUT2D eigenvalue weighted by Gasteiger charge is 2.35. The summed E-state index contributed by atoms with van der Waals surface area (Å²) in [7, 11) is 0. The summed E-state index contributed by atoms with van der Waals surface area (Å²) in [5, 5.41) is 0. The zero-order valence-corrected chi connectivity index (χ0v) is 21.7. The maximum atomic E-state index is 11.9. The Labute approximate surface area is 211 Å². The lowest BCUT2D eigenvalue weighted by Crippen LogP contribution is -2.48. The van der Waals surface area contributed by atoms with Gasteiger partial charge in [-0.05, 0) is 61.3 Å². The van der Waals surface area contributed by atoms with Gasteiger partial charge in [-0.1, -0.05) is 25.8 Å². The standard InChI is InChI=1S/C28H41N3O2.ClH/c1-2-25(32)22-29-13-15-31(16-14-29)27-6-5-24(30-17-19-33-20-18-30)21-26(27)23-7-11-28(12-8-23)9-3-4-10-28;/h5-7,21H,2-4,8-20,22H2,1H3;1H. The first kappa shape index (κ1) is 25.5. The van der Waals surface area contributed by atoms with Gasteiger partial charge in [-0.25, -0.2) is 0 Å². The molecule has 1 saturated carbocycles. The smallest absolute Gasteiger partial charge is 0.146 e. The Balaban J connectivity index is 0.00000274. The molecule has 6 heteroatoms. The predicted octanol–water partition coefficient (Wildman–Crippen LogP) is 5.17. The number of allylic oxidation sites excluding steroid dienone is 2. The normalized spacial score (nSPS) is 23.0. The van der Waals surface area contributed by atoms with Crippen molar-refractivity contribution in [2.75, 3.05) is 68.8 Å². The van der Waals surface area contributed by atoms with E-state index in [1.54, 1.807) is 5.57 Å². The summed E-state index contributed by atoms with van der Waals surface area (Å²) >= 11 is 0. The lowest BCUT2D eigenvalue weighted by Gasteiger charge is -2.38. The third kappa shape index (κ3) is 5.63. The van der Waals surface area contributed by atoms with Crippen LogP contribution in [-0.4, -0.2) is 69.7 Å². The van der Waals surface area contributed by atoms with Crippen LogP contribution in [0.1, 0.15) is 63.9 Å². The monoisotopic (exact) mass is 487 g/mol. The Morgan fingerprint density at radius 2 is 1.71 bits per heavy atom. The topological polar surface area (TPSA) is 36.0 Å². The van der Waals surface area contributed by atoms with Crippen LogP contribution < -0.4 is 9.80 Å². The van der Waals surface area contributed by atoms with Crippen molar-refractivity contribution < 1.29 is 9.53 Å². The number of rotatable bonds is 6. The zero-order valence-electron chi connectivity index (χ0n) is 20.9. The highest BCUT2D eigenvalue weighted by atomic mass is 35.5. The molecule has 3 fully saturated rings. The van der Waals surface area contributed by atoms with Gasteiger partial charge in [0.25, 0.3) is 0 Å².